The molecule has 3 aromatic rings. The quantitative estimate of drug-likeness (QED) is 0.758. The van der Waals surface area contributed by atoms with E-state index in [4.69, 9.17) is 4.52 Å². The van der Waals surface area contributed by atoms with Gasteiger partial charge in [-0.3, -0.25) is 0 Å². The molecule has 122 valence electrons. The van der Waals surface area contributed by atoms with Gasteiger partial charge >= 0.3 is 0 Å². The lowest BCUT2D eigenvalue weighted by Gasteiger charge is -2.04. The third kappa shape index (κ3) is 4.13. The molecule has 0 saturated heterocycles. The molecule has 0 fully saturated rings. The minimum Gasteiger partial charge on any atom is -0.332 e. The van der Waals surface area contributed by atoms with E-state index in [1.165, 1.54) is 23.5 Å². The number of halogens is 2. The van der Waals surface area contributed by atoms with Crippen molar-refractivity contribution in [2.45, 2.75) is 19.4 Å². The molecule has 5 nitrogen and oxygen atoms in total. The van der Waals surface area contributed by atoms with Gasteiger partial charge in [0.1, 0.15) is 16.5 Å². The van der Waals surface area contributed by atoms with Crippen molar-refractivity contribution in [1.82, 2.24) is 20.4 Å². The van der Waals surface area contributed by atoms with Crippen molar-refractivity contribution in [2.75, 3.05) is 7.05 Å². The molecule has 0 aliphatic carbocycles. The topological polar surface area (TPSA) is 63.8 Å². The molecule has 0 spiro atoms. The summed E-state index contributed by atoms with van der Waals surface area (Å²) in [4.78, 5) is 8.83. The standard InChI is InChI=1S/C15H15FN4OS.ClH/c1-9(17-2)7-13-19-14(21-20-13)12-8-22-15(18-12)10-3-5-11(16)6-4-10;/h3-6,8-9,17H,7H2,1-2H3;1H. The molecule has 0 bridgehead atoms. The molecule has 2 aromatic heterocycles. The van der Waals surface area contributed by atoms with Gasteiger partial charge < -0.3 is 9.84 Å². The fourth-order valence-electron chi connectivity index (χ4n) is 1.91. The van der Waals surface area contributed by atoms with Gasteiger partial charge in [-0.15, -0.1) is 23.7 Å². The Morgan fingerprint density at radius 1 is 1.26 bits per heavy atom. The maximum atomic E-state index is 13.0. The third-order valence-corrected chi connectivity index (χ3v) is 4.16. The Labute approximate surface area is 143 Å². The van der Waals surface area contributed by atoms with Crippen molar-refractivity contribution in [3.05, 3.63) is 41.3 Å². The van der Waals surface area contributed by atoms with Crippen LogP contribution in [0.15, 0.2) is 34.2 Å². The number of likely N-dealkylation sites (N-methyl/N-ethyl adjacent to an activating group) is 1. The molecule has 0 aliphatic heterocycles. The summed E-state index contributed by atoms with van der Waals surface area (Å²) in [5.74, 6) is 0.789. The van der Waals surface area contributed by atoms with Crippen molar-refractivity contribution in [1.29, 1.82) is 0 Å². The molecule has 1 aromatic carbocycles. The molecule has 0 saturated carbocycles. The summed E-state index contributed by atoms with van der Waals surface area (Å²) in [6, 6.07) is 6.51. The van der Waals surface area contributed by atoms with E-state index in [0.29, 0.717) is 23.8 Å². The minimum absolute atomic E-state index is 0. The van der Waals surface area contributed by atoms with Crippen LogP contribution >= 0.6 is 23.7 Å². The number of aromatic nitrogens is 3. The molecule has 8 heteroatoms. The first-order chi connectivity index (χ1) is 10.7. The van der Waals surface area contributed by atoms with Crippen LogP contribution < -0.4 is 5.32 Å². The summed E-state index contributed by atoms with van der Waals surface area (Å²) < 4.78 is 18.2. The van der Waals surface area contributed by atoms with Crippen LogP contribution in [0.1, 0.15) is 12.7 Å². The molecule has 0 amide bonds. The fraction of sp³-hybridized carbons (Fsp3) is 0.267. The number of hydrogen-bond acceptors (Lipinski definition) is 6. The normalized spacial score (nSPS) is 12.0. The van der Waals surface area contributed by atoms with Gasteiger partial charge in [0.25, 0.3) is 5.89 Å². The van der Waals surface area contributed by atoms with Crippen LogP contribution in [0.25, 0.3) is 22.2 Å². The van der Waals surface area contributed by atoms with Crippen molar-refractivity contribution in [3.63, 3.8) is 0 Å². The third-order valence-electron chi connectivity index (χ3n) is 3.26. The number of thiazole rings is 1. The zero-order valence-corrected chi connectivity index (χ0v) is 14.2. The number of rotatable bonds is 5. The van der Waals surface area contributed by atoms with Crippen LogP contribution in [0.5, 0.6) is 0 Å². The first-order valence-electron chi connectivity index (χ1n) is 6.87. The van der Waals surface area contributed by atoms with Gasteiger partial charge in [0.2, 0.25) is 0 Å². The van der Waals surface area contributed by atoms with Crippen LogP contribution in [-0.2, 0) is 6.42 Å². The maximum Gasteiger partial charge on any atom is 0.277 e. The molecule has 1 atom stereocenters. The molecule has 3 rings (SSSR count). The number of benzene rings is 1. The van der Waals surface area contributed by atoms with E-state index >= 15 is 0 Å². The molecular weight excluding hydrogens is 339 g/mol. The molecule has 23 heavy (non-hydrogen) atoms. The van der Waals surface area contributed by atoms with E-state index in [-0.39, 0.29) is 24.3 Å². The van der Waals surface area contributed by atoms with Crippen LogP contribution in [0.2, 0.25) is 0 Å². The highest BCUT2D eigenvalue weighted by atomic mass is 35.5. The van der Waals surface area contributed by atoms with Crippen molar-refractivity contribution in [3.8, 4) is 22.2 Å². The molecular formula is C15H16ClFN4OS. The largest absolute Gasteiger partial charge is 0.332 e. The van der Waals surface area contributed by atoms with E-state index in [9.17, 15) is 4.39 Å². The van der Waals surface area contributed by atoms with E-state index in [0.717, 1.165) is 10.6 Å². The first-order valence-corrected chi connectivity index (χ1v) is 7.75. The molecule has 1 N–H and O–H groups in total. The lowest BCUT2D eigenvalue weighted by Crippen LogP contribution is -2.24. The van der Waals surface area contributed by atoms with Gasteiger partial charge in [0, 0.05) is 23.4 Å². The van der Waals surface area contributed by atoms with Gasteiger partial charge in [0.15, 0.2) is 5.82 Å². The highest BCUT2D eigenvalue weighted by Crippen LogP contribution is 2.28. The monoisotopic (exact) mass is 354 g/mol. The predicted octanol–water partition coefficient (Wildman–Crippen LogP) is 3.57. The Morgan fingerprint density at radius 2 is 2.00 bits per heavy atom. The number of nitrogens with one attached hydrogen (secondary N) is 1. The maximum absolute atomic E-state index is 13.0. The van der Waals surface area contributed by atoms with Crippen molar-refractivity contribution < 1.29 is 8.91 Å². The Kier molecular flexibility index (Phi) is 5.81. The second kappa shape index (κ2) is 7.63. The van der Waals surface area contributed by atoms with E-state index in [2.05, 4.69) is 20.4 Å². The summed E-state index contributed by atoms with van der Waals surface area (Å²) in [6.45, 7) is 2.05. The molecule has 0 radical (unpaired) electrons. The van der Waals surface area contributed by atoms with Gasteiger partial charge in [-0.05, 0) is 38.2 Å². The Bertz CT molecular complexity index is 759. The second-order valence-corrected chi connectivity index (χ2v) is 5.81. The van der Waals surface area contributed by atoms with Crippen LogP contribution in [0, 0.1) is 5.82 Å². The van der Waals surface area contributed by atoms with Crippen LogP contribution in [0.4, 0.5) is 4.39 Å². The van der Waals surface area contributed by atoms with Gasteiger partial charge in [-0.2, -0.15) is 4.98 Å². The summed E-state index contributed by atoms with van der Waals surface area (Å²) in [5, 5.41) is 9.74. The minimum atomic E-state index is -0.263. The summed E-state index contributed by atoms with van der Waals surface area (Å²) in [7, 11) is 1.89. The van der Waals surface area contributed by atoms with E-state index < -0.39 is 0 Å². The average molecular weight is 355 g/mol. The van der Waals surface area contributed by atoms with Gasteiger partial charge in [-0.25, -0.2) is 9.37 Å². The summed E-state index contributed by atoms with van der Waals surface area (Å²) in [6.07, 6.45) is 0.689. The molecule has 2 heterocycles. The second-order valence-electron chi connectivity index (χ2n) is 4.95. The van der Waals surface area contributed by atoms with Crippen molar-refractivity contribution in [2.24, 2.45) is 0 Å². The Balaban J connectivity index is 0.00000192. The van der Waals surface area contributed by atoms with E-state index in [1.54, 1.807) is 12.1 Å². The highest BCUT2D eigenvalue weighted by Gasteiger charge is 2.14. The first kappa shape index (κ1) is 17.5. The van der Waals surface area contributed by atoms with E-state index in [1.807, 2.05) is 19.4 Å². The summed E-state index contributed by atoms with van der Waals surface area (Å²) >= 11 is 1.46. The summed E-state index contributed by atoms with van der Waals surface area (Å²) in [5.41, 5.74) is 1.50. The van der Waals surface area contributed by atoms with Gasteiger partial charge in [-0.1, -0.05) is 5.16 Å². The van der Waals surface area contributed by atoms with Crippen molar-refractivity contribution >= 4 is 23.7 Å². The van der Waals surface area contributed by atoms with Gasteiger partial charge in [0.05, 0.1) is 0 Å². The number of hydrogen-bond donors (Lipinski definition) is 1. The molecule has 0 aliphatic rings. The Morgan fingerprint density at radius 3 is 2.70 bits per heavy atom. The lowest BCUT2D eigenvalue weighted by atomic mass is 10.2. The fourth-order valence-corrected chi connectivity index (χ4v) is 2.71. The van der Waals surface area contributed by atoms with Crippen LogP contribution in [0.3, 0.4) is 0 Å². The zero-order chi connectivity index (χ0) is 15.5. The smallest absolute Gasteiger partial charge is 0.277 e. The molecule has 1 unspecified atom stereocenters. The zero-order valence-electron chi connectivity index (χ0n) is 12.6. The Hall–Kier alpha value is -1.83. The number of nitrogens with zero attached hydrogens (tertiary/aromatic N) is 3. The lowest BCUT2D eigenvalue weighted by molar-refractivity contribution is 0.417. The highest BCUT2D eigenvalue weighted by molar-refractivity contribution is 7.13. The van der Waals surface area contributed by atoms with Crippen LogP contribution in [-0.4, -0.2) is 28.2 Å². The SMILES string of the molecule is CNC(C)Cc1noc(-c2csc(-c3ccc(F)cc3)n2)n1.Cl. The predicted molar refractivity (Wildman–Crippen MR) is 90.3 cm³/mol. The average Bonchev–Trinajstić information content (AvgIpc) is 3.17.